The predicted octanol–water partition coefficient (Wildman–Crippen LogP) is 7.73. The van der Waals surface area contributed by atoms with E-state index in [-0.39, 0.29) is 24.6 Å². The summed E-state index contributed by atoms with van der Waals surface area (Å²) in [4.78, 5) is 31.2. The molecule has 0 bridgehead atoms. The number of methoxy groups -OCH3 is 2. The molecule has 2 heterocycles. The third kappa shape index (κ3) is 10.9. The van der Waals surface area contributed by atoms with Gasteiger partial charge < -0.3 is 43.6 Å². The second-order valence-electron chi connectivity index (χ2n) is 14.2. The van der Waals surface area contributed by atoms with Gasteiger partial charge in [0.2, 0.25) is 5.91 Å². The van der Waals surface area contributed by atoms with Crippen molar-refractivity contribution >= 4 is 49.3 Å². The first-order valence-electron chi connectivity index (χ1n) is 19.1. The van der Waals surface area contributed by atoms with Crippen molar-refractivity contribution in [3.63, 3.8) is 0 Å². The van der Waals surface area contributed by atoms with Crippen molar-refractivity contribution in [2.45, 2.75) is 89.7 Å². The van der Waals surface area contributed by atoms with Crippen LogP contribution in [0.4, 0.5) is 4.79 Å². The van der Waals surface area contributed by atoms with E-state index in [1.807, 2.05) is 85.1 Å². The topological polar surface area (TPSA) is 132 Å². The normalized spacial score (nSPS) is 20.6. The molecule has 0 saturated carbocycles. The van der Waals surface area contributed by atoms with Gasteiger partial charge in [-0.05, 0) is 91.2 Å². The summed E-state index contributed by atoms with van der Waals surface area (Å²) in [6, 6.07) is 25.6. The molecule has 2 N–H and O–H groups in total. The van der Waals surface area contributed by atoms with E-state index in [0.29, 0.717) is 30.9 Å². The largest absolute Gasteiger partial charge is 0.497 e. The number of hydrogen-bond donors (Lipinski definition) is 2. The Morgan fingerprint density at radius 2 is 1.58 bits per heavy atom. The highest BCUT2D eigenvalue weighted by atomic mass is 127. The zero-order chi connectivity index (χ0) is 41.1. The summed E-state index contributed by atoms with van der Waals surface area (Å²) in [5, 5.41) is 5.66. The number of urea groups is 1. The Bertz CT molecular complexity index is 1760. The minimum absolute atomic E-state index is 0.0773. The molecule has 2 aliphatic rings. The van der Waals surface area contributed by atoms with Crippen LogP contribution in [-0.4, -0.2) is 98.9 Å². The molecule has 5 rings (SSSR count). The van der Waals surface area contributed by atoms with Crippen LogP contribution in [0.15, 0.2) is 93.6 Å². The van der Waals surface area contributed by atoms with E-state index in [2.05, 4.69) is 70.6 Å². The number of nitrogens with one attached hydrogen (secondary N) is 2. The Balaban J connectivity index is 1.57. The van der Waals surface area contributed by atoms with Crippen molar-refractivity contribution in [1.82, 2.24) is 20.2 Å². The molecule has 3 aromatic carbocycles. The number of ether oxygens (including phenoxy) is 4. The second kappa shape index (κ2) is 20.9. The molecule has 3 amide bonds. The summed E-state index contributed by atoms with van der Waals surface area (Å²) in [7, 11) is 3.44. The summed E-state index contributed by atoms with van der Waals surface area (Å²) < 4.78 is 41.7. The molecule has 0 aliphatic carbocycles. The molecule has 5 atom stereocenters. The molecular weight excluding hydrogens is 860 g/mol. The first-order valence-corrected chi connectivity index (χ1v) is 21.3. The van der Waals surface area contributed by atoms with E-state index in [0.717, 1.165) is 20.3 Å². The number of hydrogen-bond acceptors (Lipinski definition) is 10. The highest BCUT2D eigenvalue weighted by molar-refractivity contribution is 14.1. The van der Waals surface area contributed by atoms with Crippen LogP contribution in [-0.2, 0) is 28.9 Å². The van der Waals surface area contributed by atoms with Gasteiger partial charge in [0.05, 0.1) is 33.5 Å². The summed E-state index contributed by atoms with van der Waals surface area (Å²) >= 11 is 2.12. The zero-order valence-electron chi connectivity index (χ0n) is 33.9. The van der Waals surface area contributed by atoms with E-state index in [1.54, 1.807) is 27.5 Å². The molecule has 308 valence electrons. The smallest absolute Gasteiger partial charge is 0.325 e. The maximum absolute atomic E-state index is 13.6. The molecule has 0 spiro atoms. The van der Waals surface area contributed by atoms with E-state index in [4.69, 9.17) is 28.0 Å². The van der Waals surface area contributed by atoms with Gasteiger partial charge in [0.25, 0.3) is 8.53 Å². The lowest BCUT2D eigenvalue weighted by Crippen LogP contribution is -2.56. The van der Waals surface area contributed by atoms with Gasteiger partial charge in [0.15, 0.2) is 0 Å². The lowest BCUT2D eigenvalue weighted by molar-refractivity contribution is -0.119. The molecule has 1 saturated heterocycles. The third-order valence-electron chi connectivity index (χ3n) is 9.62. The average molecular weight is 916 g/mol. The van der Waals surface area contributed by atoms with E-state index in [1.165, 1.54) is 11.8 Å². The summed E-state index contributed by atoms with van der Waals surface area (Å²) in [6.07, 6.45) is 1.96. The molecule has 13 nitrogen and oxygen atoms in total. The highest BCUT2D eigenvalue weighted by Crippen LogP contribution is 2.50. The molecule has 3 aromatic rings. The number of carbonyl (C=O) groups excluding carboxylic acids is 2. The molecular formula is C42H55IN5O8P. The van der Waals surface area contributed by atoms with Crippen LogP contribution >= 0.6 is 31.1 Å². The van der Waals surface area contributed by atoms with Crippen LogP contribution in [0.1, 0.15) is 64.2 Å². The Hall–Kier alpha value is -3.63. The molecule has 0 radical (unpaired) electrons. The first kappa shape index (κ1) is 44.5. The van der Waals surface area contributed by atoms with Crippen LogP contribution in [0, 0.1) is 0 Å². The standard InChI is InChI=1S/C42H55IN5O8P/c1-28(2)48(29(3)4)57(54-24-12-23-44-6)56-37-25-39(47-26-36(43)40(45-30(5)49)46-41(47)50)55-38(37)27-53-42(31-13-10-9-11-14-31,32-15-19-34(51-7)20-16-32)33-17-21-35(52-8)22-18-33/h9-11,13-23,26,28-29,37-40H,12,24-25,27H2,1-8H3,(H,45,49)(H,46,50). The average Bonchev–Trinajstić information content (AvgIpc) is 3.60. The number of aliphatic imine (C=N–C) groups is 1. The van der Waals surface area contributed by atoms with Crippen molar-refractivity contribution in [2.75, 3.05) is 34.5 Å². The highest BCUT2D eigenvalue weighted by Gasteiger charge is 2.47. The maximum Gasteiger partial charge on any atom is 0.325 e. The van der Waals surface area contributed by atoms with Crippen LogP contribution < -0.4 is 20.1 Å². The number of amides is 3. The van der Waals surface area contributed by atoms with E-state index >= 15 is 0 Å². The quantitative estimate of drug-likeness (QED) is 0.0408. The van der Waals surface area contributed by atoms with E-state index < -0.39 is 44.8 Å². The van der Waals surface area contributed by atoms with Crippen molar-refractivity contribution in [1.29, 1.82) is 0 Å². The van der Waals surface area contributed by atoms with Crippen LogP contribution in [0.5, 0.6) is 11.5 Å². The van der Waals surface area contributed by atoms with Crippen molar-refractivity contribution in [3.05, 3.63) is 105 Å². The van der Waals surface area contributed by atoms with Crippen molar-refractivity contribution in [3.8, 4) is 11.5 Å². The fourth-order valence-electron chi connectivity index (χ4n) is 7.02. The maximum atomic E-state index is 13.6. The molecule has 5 unspecified atom stereocenters. The number of rotatable bonds is 19. The zero-order valence-corrected chi connectivity index (χ0v) is 36.9. The summed E-state index contributed by atoms with van der Waals surface area (Å²) in [5.74, 6) is 1.17. The molecule has 2 aliphatic heterocycles. The van der Waals surface area contributed by atoms with Gasteiger partial charge in [-0.2, -0.15) is 0 Å². The summed E-state index contributed by atoms with van der Waals surface area (Å²) in [6.45, 7) is 10.4. The van der Waals surface area contributed by atoms with Gasteiger partial charge in [-0.15, -0.1) is 0 Å². The molecule has 15 heteroatoms. The minimum Gasteiger partial charge on any atom is -0.497 e. The fourth-order valence-corrected chi connectivity index (χ4v) is 9.41. The first-order chi connectivity index (χ1) is 27.4. The molecule has 0 aromatic heterocycles. The SMILES string of the molecule is CN=CCCOP(OC1CC(N2C=C(I)C(NC(C)=O)NC2=O)OC1COC(c1ccccc1)(c1ccc(OC)cc1)c1ccc(OC)cc1)N(C(C)C)C(C)C. The Morgan fingerprint density at radius 3 is 2.11 bits per heavy atom. The number of halogens is 1. The second-order valence-corrected chi connectivity index (χ2v) is 16.8. The van der Waals surface area contributed by atoms with Crippen LogP contribution in [0.2, 0.25) is 0 Å². The third-order valence-corrected chi connectivity index (χ3v) is 12.7. The number of nitrogens with zero attached hydrogens (tertiary/aromatic N) is 3. The van der Waals surface area contributed by atoms with Crippen molar-refractivity contribution < 1.29 is 37.6 Å². The Kier molecular flexibility index (Phi) is 16.3. The van der Waals surface area contributed by atoms with Gasteiger partial charge in [-0.25, -0.2) is 9.46 Å². The van der Waals surface area contributed by atoms with Gasteiger partial charge in [-0.3, -0.25) is 9.69 Å². The van der Waals surface area contributed by atoms with Crippen LogP contribution in [0.3, 0.4) is 0 Å². The minimum atomic E-state index is -1.59. The van der Waals surface area contributed by atoms with Gasteiger partial charge in [-0.1, -0.05) is 54.6 Å². The summed E-state index contributed by atoms with van der Waals surface area (Å²) in [5.41, 5.74) is 1.53. The van der Waals surface area contributed by atoms with Crippen molar-refractivity contribution in [2.24, 2.45) is 4.99 Å². The lowest BCUT2D eigenvalue weighted by atomic mass is 9.80. The van der Waals surface area contributed by atoms with Gasteiger partial charge in [0.1, 0.15) is 35.6 Å². The molecule has 57 heavy (non-hydrogen) atoms. The Morgan fingerprint density at radius 1 is 1.00 bits per heavy atom. The van der Waals surface area contributed by atoms with Gasteiger partial charge >= 0.3 is 6.03 Å². The van der Waals surface area contributed by atoms with Crippen LogP contribution in [0.25, 0.3) is 0 Å². The lowest BCUT2D eigenvalue weighted by Gasteiger charge is -2.39. The van der Waals surface area contributed by atoms with E-state index in [9.17, 15) is 9.59 Å². The monoisotopic (exact) mass is 915 g/mol. The fraction of sp³-hybridized carbons (Fsp3) is 0.452. The Labute approximate surface area is 351 Å². The number of carbonyl (C=O) groups is 2. The predicted molar refractivity (Wildman–Crippen MR) is 231 cm³/mol. The van der Waals surface area contributed by atoms with Gasteiger partial charge in [0, 0.05) is 54.9 Å². The number of benzene rings is 3. The molecule has 1 fully saturated rings.